The second kappa shape index (κ2) is 11.4. The van der Waals surface area contributed by atoms with Gasteiger partial charge in [0.1, 0.15) is 0 Å². The zero-order valence-electron chi connectivity index (χ0n) is 18.1. The summed E-state index contributed by atoms with van der Waals surface area (Å²) in [6.45, 7) is 1.28. The van der Waals surface area contributed by atoms with Gasteiger partial charge in [0.25, 0.3) is 5.91 Å². The van der Waals surface area contributed by atoms with Crippen molar-refractivity contribution < 1.29 is 9.59 Å². The maximum absolute atomic E-state index is 12.7. The van der Waals surface area contributed by atoms with Gasteiger partial charge in [-0.25, -0.2) is 0 Å². The Hall–Kier alpha value is -2.96. The summed E-state index contributed by atoms with van der Waals surface area (Å²) in [7, 11) is 4.05. The van der Waals surface area contributed by atoms with Crippen LogP contribution in [0.1, 0.15) is 39.2 Å². The molecule has 0 radical (unpaired) electrons. The third kappa shape index (κ3) is 7.35. The van der Waals surface area contributed by atoms with Gasteiger partial charge in [-0.3, -0.25) is 9.59 Å². The Kier molecular flexibility index (Phi) is 8.38. The highest BCUT2D eigenvalue weighted by molar-refractivity contribution is 7.09. The summed E-state index contributed by atoms with van der Waals surface area (Å²) in [6, 6.07) is 19.3. The molecule has 2 N–H and O–H groups in total. The standard InChI is InChI=1S/C25H29N3O2S/c1-28(2)18-21-9-4-3-8-20(21)17-26-25(30)19-10-5-11-22(16-19)27-24(29)14-6-12-23-13-7-15-31-23/h3-5,7-11,13,15-16H,6,12,14,17-18H2,1-2H3,(H,26,30)(H,27,29). The lowest BCUT2D eigenvalue weighted by Crippen LogP contribution is -2.24. The summed E-state index contributed by atoms with van der Waals surface area (Å²) in [5.74, 6) is -0.194. The number of hydrogen-bond acceptors (Lipinski definition) is 4. The number of hydrogen-bond donors (Lipinski definition) is 2. The van der Waals surface area contributed by atoms with Gasteiger partial charge in [0, 0.05) is 35.6 Å². The van der Waals surface area contributed by atoms with E-state index in [9.17, 15) is 9.59 Å². The molecule has 6 heteroatoms. The average Bonchev–Trinajstić information content (AvgIpc) is 3.26. The number of amides is 2. The number of rotatable bonds is 10. The Morgan fingerprint density at radius 2 is 1.77 bits per heavy atom. The van der Waals surface area contributed by atoms with E-state index in [0.717, 1.165) is 24.9 Å². The van der Waals surface area contributed by atoms with Gasteiger partial charge < -0.3 is 15.5 Å². The summed E-state index contributed by atoms with van der Waals surface area (Å²) in [4.78, 5) is 28.3. The summed E-state index contributed by atoms with van der Waals surface area (Å²) < 4.78 is 0. The van der Waals surface area contributed by atoms with E-state index in [1.54, 1.807) is 35.6 Å². The van der Waals surface area contributed by atoms with E-state index in [1.807, 2.05) is 43.7 Å². The van der Waals surface area contributed by atoms with E-state index in [2.05, 4.69) is 27.7 Å². The van der Waals surface area contributed by atoms with Gasteiger partial charge in [-0.1, -0.05) is 36.4 Å². The van der Waals surface area contributed by atoms with E-state index < -0.39 is 0 Å². The van der Waals surface area contributed by atoms with Crippen molar-refractivity contribution in [2.24, 2.45) is 0 Å². The van der Waals surface area contributed by atoms with E-state index >= 15 is 0 Å². The minimum Gasteiger partial charge on any atom is -0.348 e. The van der Waals surface area contributed by atoms with Crippen LogP contribution < -0.4 is 10.6 Å². The molecule has 0 aliphatic heterocycles. The maximum atomic E-state index is 12.7. The van der Waals surface area contributed by atoms with Crippen LogP contribution in [-0.2, 0) is 24.3 Å². The number of benzene rings is 2. The predicted molar refractivity (Wildman–Crippen MR) is 127 cm³/mol. The first-order valence-electron chi connectivity index (χ1n) is 10.4. The fourth-order valence-electron chi connectivity index (χ4n) is 3.34. The van der Waals surface area contributed by atoms with Crippen molar-refractivity contribution in [3.8, 4) is 0 Å². The number of thiophene rings is 1. The molecule has 0 aliphatic carbocycles. The summed E-state index contributed by atoms with van der Waals surface area (Å²) in [5, 5.41) is 7.94. The molecule has 0 bridgehead atoms. The van der Waals surface area contributed by atoms with Crippen LogP contribution in [0.2, 0.25) is 0 Å². The molecule has 3 aromatic rings. The quantitative estimate of drug-likeness (QED) is 0.485. The zero-order chi connectivity index (χ0) is 22.1. The van der Waals surface area contributed by atoms with Crippen LogP contribution in [0.15, 0.2) is 66.0 Å². The summed E-state index contributed by atoms with van der Waals surface area (Å²) in [5.41, 5.74) is 3.46. The SMILES string of the molecule is CN(C)Cc1ccccc1CNC(=O)c1cccc(NC(=O)CCCc2cccs2)c1. The van der Waals surface area contributed by atoms with Crippen LogP contribution in [0, 0.1) is 0 Å². The van der Waals surface area contributed by atoms with E-state index in [1.165, 1.54) is 10.4 Å². The van der Waals surface area contributed by atoms with Crippen LogP contribution >= 0.6 is 11.3 Å². The van der Waals surface area contributed by atoms with Crippen molar-refractivity contribution in [3.05, 3.63) is 87.6 Å². The second-order valence-corrected chi connectivity index (χ2v) is 8.78. The monoisotopic (exact) mass is 435 g/mol. The number of aryl methyl sites for hydroxylation is 1. The van der Waals surface area contributed by atoms with E-state index in [0.29, 0.717) is 24.2 Å². The topological polar surface area (TPSA) is 61.4 Å². The lowest BCUT2D eigenvalue weighted by molar-refractivity contribution is -0.116. The Bertz CT molecular complexity index is 1000. The van der Waals surface area contributed by atoms with Crippen LogP contribution in [-0.4, -0.2) is 30.8 Å². The maximum Gasteiger partial charge on any atom is 0.251 e. The fraction of sp³-hybridized carbons (Fsp3) is 0.280. The van der Waals surface area contributed by atoms with Crippen LogP contribution in [0.3, 0.4) is 0 Å². The minimum atomic E-state index is -0.159. The van der Waals surface area contributed by atoms with E-state index in [4.69, 9.17) is 0 Å². The van der Waals surface area contributed by atoms with Crippen molar-refractivity contribution in [2.45, 2.75) is 32.4 Å². The summed E-state index contributed by atoms with van der Waals surface area (Å²) >= 11 is 1.71. The highest BCUT2D eigenvalue weighted by atomic mass is 32.1. The Morgan fingerprint density at radius 1 is 0.968 bits per heavy atom. The van der Waals surface area contributed by atoms with Gasteiger partial charge in [-0.05, 0) is 67.7 Å². The number of carbonyl (C=O) groups is 2. The number of anilines is 1. The normalized spacial score (nSPS) is 10.8. The number of carbonyl (C=O) groups excluding carboxylic acids is 2. The van der Waals surface area contributed by atoms with Gasteiger partial charge in [0.15, 0.2) is 0 Å². The molecule has 0 saturated carbocycles. The van der Waals surface area contributed by atoms with Gasteiger partial charge in [0.05, 0.1) is 0 Å². The molecular formula is C25H29N3O2S. The molecule has 3 rings (SSSR count). The molecule has 1 heterocycles. The first-order chi connectivity index (χ1) is 15.0. The molecule has 2 amide bonds. The van der Waals surface area contributed by atoms with Crippen LogP contribution in [0.25, 0.3) is 0 Å². The van der Waals surface area contributed by atoms with E-state index in [-0.39, 0.29) is 11.8 Å². The van der Waals surface area contributed by atoms with Gasteiger partial charge >= 0.3 is 0 Å². The first kappa shape index (κ1) is 22.7. The van der Waals surface area contributed by atoms with Gasteiger partial charge in [-0.2, -0.15) is 0 Å². The second-order valence-electron chi connectivity index (χ2n) is 7.75. The number of nitrogens with zero attached hydrogens (tertiary/aromatic N) is 1. The fourth-order valence-corrected chi connectivity index (χ4v) is 4.09. The van der Waals surface area contributed by atoms with Crippen LogP contribution in [0.5, 0.6) is 0 Å². The molecule has 0 unspecified atom stereocenters. The minimum absolute atomic E-state index is 0.0354. The van der Waals surface area contributed by atoms with Crippen molar-refractivity contribution >= 4 is 28.8 Å². The molecule has 5 nitrogen and oxygen atoms in total. The molecule has 1 aromatic heterocycles. The van der Waals surface area contributed by atoms with Gasteiger partial charge in [-0.15, -0.1) is 11.3 Å². The molecule has 0 spiro atoms. The molecule has 0 saturated heterocycles. The molecule has 0 atom stereocenters. The Morgan fingerprint density at radius 3 is 2.52 bits per heavy atom. The molecule has 162 valence electrons. The lowest BCUT2D eigenvalue weighted by atomic mass is 10.1. The van der Waals surface area contributed by atoms with Crippen molar-refractivity contribution in [3.63, 3.8) is 0 Å². The number of nitrogens with one attached hydrogen (secondary N) is 2. The third-order valence-electron chi connectivity index (χ3n) is 4.86. The smallest absolute Gasteiger partial charge is 0.251 e. The lowest BCUT2D eigenvalue weighted by Gasteiger charge is -2.15. The Balaban J connectivity index is 1.52. The molecule has 31 heavy (non-hydrogen) atoms. The molecular weight excluding hydrogens is 406 g/mol. The highest BCUT2D eigenvalue weighted by Gasteiger charge is 2.10. The average molecular weight is 436 g/mol. The zero-order valence-corrected chi connectivity index (χ0v) is 18.9. The van der Waals surface area contributed by atoms with Crippen molar-refractivity contribution in [1.29, 1.82) is 0 Å². The van der Waals surface area contributed by atoms with Gasteiger partial charge in [0.2, 0.25) is 5.91 Å². The molecule has 2 aromatic carbocycles. The van der Waals surface area contributed by atoms with Crippen molar-refractivity contribution in [2.75, 3.05) is 19.4 Å². The predicted octanol–water partition coefficient (Wildman–Crippen LogP) is 4.70. The molecule has 0 aliphatic rings. The highest BCUT2D eigenvalue weighted by Crippen LogP contribution is 2.15. The summed E-state index contributed by atoms with van der Waals surface area (Å²) in [6.07, 6.45) is 2.17. The largest absolute Gasteiger partial charge is 0.348 e. The van der Waals surface area contributed by atoms with Crippen LogP contribution in [0.4, 0.5) is 5.69 Å². The third-order valence-corrected chi connectivity index (χ3v) is 5.80. The first-order valence-corrected chi connectivity index (χ1v) is 11.3. The Labute approximate surface area is 188 Å². The van der Waals surface area contributed by atoms with Crippen molar-refractivity contribution in [1.82, 2.24) is 10.2 Å². The molecule has 0 fully saturated rings.